The molecule has 2 aromatic heterocycles. The topological polar surface area (TPSA) is 41.8 Å². The summed E-state index contributed by atoms with van der Waals surface area (Å²) in [4.78, 5) is 7.62. The van der Waals surface area contributed by atoms with E-state index in [4.69, 9.17) is 28.2 Å². The van der Waals surface area contributed by atoms with Crippen LogP contribution >= 0.6 is 23.8 Å². The quantitative estimate of drug-likeness (QED) is 0.653. The van der Waals surface area contributed by atoms with Gasteiger partial charge in [-0.1, -0.05) is 36.0 Å². The van der Waals surface area contributed by atoms with Crippen LogP contribution in [0.3, 0.4) is 0 Å². The Morgan fingerprint density at radius 3 is 2.84 bits per heavy atom. The summed E-state index contributed by atoms with van der Waals surface area (Å²) in [7, 11) is 0. The van der Waals surface area contributed by atoms with E-state index in [0.29, 0.717) is 26.7 Å². The van der Waals surface area contributed by atoms with Crippen LogP contribution in [0.15, 0.2) is 28.7 Å². The zero-order valence-corrected chi connectivity index (χ0v) is 12.0. The zero-order chi connectivity index (χ0) is 13.6. The molecule has 0 saturated carbocycles. The van der Waals surface area contributed by atoms with Gasteiger partial charge in [-0.25, -0.2) is 4.98 Å². The lowest BCUT2D eigenvalue weighted by molar-refractivity contribution is 0.627. The summed E-state index contributed by atoms with van der Waals surface area (Å²) in [6.45, 7) is 3.87. The van der Waals surface area contributed by atoms with Gasteiger partial charge in [0.15, 0.2) is 11.3 Å². The van der Waals surface area contributed by atoms with Crippen LogP contribution in [0, 0.1) is 18.5 Å². The Morgan fingerprint density at radius 2 is 2.11 bits per heavy atom. The maximum absolute atomic E-state index is 6.11. The number of benzene rings is 1. The van der Waals surface area contributed by atoms with Gasteiger partial charge in [0, 0.05) is 11.1 Å². The van der Waals surface area contributed by atoms with Crippen LogP contribution in [0.2, 0.25) is 5.02 Å². The number of furan rings is 1. The average Bonchev–Trinajstić information content (AvgIpc) is 2.79. The van der Waals surface area contributed by atoms with E-state index in [0.717, 1.165) is 16.8 Å². The molecule has 0 bridgehead atoms. The van der Waals surface area contributed by atoms with Crippen molar-refractivity contribution in [3.8, 4) is 11.5 Å². The Bertz CT molecular complexity index is 835. The molecule has 3 aromatic rings. The van der Waals surface area contributed by atoms with E-state index in [1.807, 2.05) is 32.0 Å². The molecule has 3 nitrogen and oxygen atoms in total. The van der Waals surface area contributed by atoms with Gasteiger partial charge < -0.3 is 9.40 Å². The van der Waals surface area contributed by atoms with E-state index in [9.17, 15) is 0 Å². The molecule has 1 N–H and O–H groups in total. The highest BCUT2D eigenvalue weighted by Crippen LogP contribution is 2.31. The highest BCUT2D eigenvalue weighted by Gasteiger charge is 2.12. The second kappa shape index (κ2) is 4.47. The third kappa shape index (κ3) is 2.07. The number of fused-ring (bicyclic) bond motifs is 1. The van der Waals surface area contributed by atoms with E-state index in [-0.39, 0.29) is 0 Å². The first-order chi connectivity index (χ1) is 9.06. The number of H-pyrrole nitrogens is 1. The van der Waals surface area contributed by atoms with E-state index in [2.05, 4.69) is 9.97 Å². The Labute approximate surface area is 120 Å². The van der Waals surface area contributed by atoms with Crippen LogP contribution < -0.4 is 0 Å². The lowest BCUT2D eigenvalue weighted by atomic mass is 10.2. The molecule has 0 fully saturated rings. The minimum atomic E-state index is 0.568. The number of halogens is 1. The van der Waals surface area contributed by atoms with Crippen molar-refractivity contribution in [1.82, 2.24) is 9.97 Å². The summed E-state index contributed by atoms with van der Waals surface area (Å²) in [5.74, 6) is 0.632. The van der Waals surface area contributed by atoms with Crippen LogP contribution in [-0.2, 0) is 0 Å². The molecule has 3 rings (SSSR count). The maximum Gasteiger partial charge on any atom is 0.156 e. The molecule has 1 aromatic carbocycles. The first-order valence-corrected chi connectivity index (χ1v) is 6.61. The van der Waals surface area contributed by atoms with Gasteiger partial charge in [0.05, 0.1) is 10.7 Å². The van der Waals surface area contributed by atoms with Crippen molar-refractivity contribution in [2.75, 3.05) is 0 Å². The molecule has 19 heavy (non-hydrogen) atoms. The van der Waals surface area contributed by atoms with Gasteiger partial charge in [0.1, 0.15) is 10.3 Å². The third-order valence-electron chi connectivity index (χ3n) is 3.07. The largest absolute Gasteiger partial charge is 0.453 e. The number of nitrogens with one attached hydrogen (secondary N) is 1. The van der Waals surface area contributed by atoms with Gasteiger partial charge in [-0.15, -0.1) is 0 Å². The summed E-state index contributed by atoms with van der Waals surface area (Å²) in [5.41, 5.74) is 3.16. The maximum atomic E-state index is 6.11. The molecule has 0 spiro atoms. The van der Waals surface area contributed by atoms with Crippen LogP contribution in [0.5, 0.6) is 0 Å². The molecule has 0 atom stereocenters. The van der Waals surface area contributed by atoms with Crippen molar-refractivity contribution in [1.29, 1.82) is 0 Å². The number of hydrogen-bond donors (Lipinski definition) is 1. The zero-order valence-electron chi connectivity index (χ0n) is 10.5. The summed E-state index contributed by atoms with van der Waals surface area (Å²) in [6, 6.07) is 7.54. The van der Waals surface area contributed by atoms with E-state index >= 15 is 0 Å². The van der Waals surface area contributed by atoms with Crippen LogP contribution in [-0.4, -0.2) is 9.97 Å². The molecule has 5 heteroatoms. The van der Waals surface area contributed by atoms with Crippen molar-refractivity contribution in [3.05, 3.63) is 45.3 Å². The fourth-order valence-electron chi connectivity index (χ4n) is 1.93. The Balaban J connectivity index is 2.28. The summed E-state index contributed by atoms with van der Waals surface area (Å²) in [6.07, 6.45) is 0. The number of nitrogens with zero attached hydrogens (tertiary/aromatic N) is 1. The molecule has 0 amide bonds. The van der Waals surface area contributed by atoms with Gasteiger partial charge in [-0.05, 0) is 26.0 Å². The molecular weight excluding hydrogens is 280 g/mol. The smallest absolute Gasteiger partial charge is 0.156 e. The summed E-state index contributed by atoms with van der Waals surface area (Å²) in [5, 5.41) is 1.53. The highest BCUT2D eigenvalue weighted by atomic mass is 35.5. The number of aryl methyl sites for hydroxylation is 2. The van der Waals surface area contributed by atoms with E-state index in [1.165, 1.54) is 0 Å². The standard InChI is InChI=1S/C14H11ClN2OS/c1-7-8(2)17-14(19)12(16-7)11-6-9-4-3-5-10(15)13(9)18-11/h3-6H,1-2H3,(H,17,19). The van der Waals surface area contributed by atoms with E-state index in [1.54, 1.807) is 6.07 Å². The van der Waals surface area contributed by atoms with Gasteiger partial charge in [-0.3, -0.25) is 0 Å². The summed E-state index contributed by atoms with van der Waals surface area (Å²) >= 11 is 11.4. The molecule has 0 aliphatic carbocycles. The number of para-hydroxylation sites is 1. The minimum absolute atomic E-state index is 0.568. The SMILES string of the molecule is Cc1nc(-c2cc3cccc(Cl)c3o2)c(=S)[nH]c1C. The first kappa shape index (κ1) is 12.4. The lowest BCUT2D eigenvalue weighted by Gasteiger charge is -2.02. The summed E-state index contributed by atoms with van der Waals surface area (Å²) < 4.78 is 6.35. The van der Waals surface area contributed by atoms with Crippen LogP contribution in [0.1, 0.15) is 11.4 Å². The van der Waals surface area contributed by atoms with E-state index < -0.39 is 0 Å². The second-order valence-electron chi connectivity index (χ2n) is 4.39. The lowest BCUT2D eigenvalue weighted by Crippen LogP contribution is -1.95. The predicted octanol–water partition coefficient (Wildman–Crippen LogP) is 4.82. The molecule has 0 unspecified atom stereocenters. The first-order valence-electron chi connectivity index (χ1n) is 5.82. The van der Waals surface area contributed by atoms with Crippen molar-refractivity contribution >= 4 is 34.8 Å². The third-order valence-corrected chi connectivity index (χ3v) is 3.66. The predicted molar refractivity (Wildman–Crippen MR) is 79.1 cm³/mol. The minimum Gasteiger partial charge on any atom is -0.453 e. The van der Waals surface area contributed by atoms with Crippen LogP contribution in [0.4, 0.5) is 0 Å². The number of aromatic amines is 1. The van der Waals surface area contributed by atoms with Gasteiger partial charge in [0.2, 0.25) is 0 Å². The van der Waals surface area contributed by atoms with Gasteiger partial charge in [-0.2, -0.15) is 0 Å². The number of rotatable bonds is 1. The number of aromatic nitrogens is 2. The molecular formula is C14H11ClN2OS. The van der Waals surface area contributed by atoms with Crippen molar-refractivity contribution in [3.63, 3.8) is 0 Å². The van der Waals surface area contributed by atoms with Crippen LogP contribution in [0.25, 0.3) is 22.4 Å². The van der Waals surface area contributed by atoms with Gasteiger partial charge in [0.25, 0.3) is 0 Å². The molecule has 0 radical (unpaired) electrons. The average molecular weight is 291 g/mol. The van der Waals surface area contributed by atoms with Crippen molar-refractivity contribution < 1.29 is 4.42 Å². The normalized spacial score (nSPS) is 11.1. The number of hydrogen-bond acceptors (Lipinski definition) is 3. The Hall–Kier alpha value is -1.65. The molecule has 0 saturated heterocycles. The molecule has 0 aliphatic heterocycles. The molecule has 96 valence electrons. The Morgan fingerprint density at radius 1 is 1.32 bits per heavy atom. The Kier molecular flexibility index (Phi) is 2.92. The molecule has 0 aliphatic rings. The second-order valence-corrected chi connectivity index (χ2v) is 5.21. The highest BCUT2D eigenvalue weighted by molar-refractivity contribution is 7.71. The fourth-order valence-corrected chi connectivity index (χ4v) is 2.45. The molecule has 2 heterocycles. The fraction of sp³-hybridized carbons (Fsp3) is 0.143. The van der Waals surface area contributed by atoms with Gasteiger partial charge >= 0.3 is 0 Å². The van der Waals surface area contributed by atoms with Crippen molar-refractivity contribution in [2.24, 2.45) is 0 Å². The van der Waals surface area contributed by atoms with Crippen molar-refractivity contribution in [2.45, 2.75) is 13.8 Å². The monoisotopic (exact) mass is 290 g/mol.